The molecule has 0 radical (unpaired) electrons. The fraction of sp³-hybridized carbons (Fsp3) is 0.536. The van der Waals surface area contributed by atoms with Crippen LogP contribution >= 0.6 is 0 Å². The third kappa shape index (κ3) is 10.1. The maximum absolute atomic E-state index is 12.8. The molecule has 1 aromatic carbocycles. The minimum atomic E-state index is -0.810. The highest BCUT2D eigenvalue weighted by atomic mass is 16.5. The number of ether oxygens (including phenoxy) is 1. The summed E-state index contributed by atoms with van der Waals surface area (Å²) in [6.07, 6.45) is 4.65. The molecule has 10 heteroatoms. The predicted molar refractivity (Wildman–Crippen MR) is 144 cm³/mol. The molecule has 38 heavy (non-hydrogen) atoms. The summed E-state index contributed by atoms with van der Waals surface area (Å²) in [6.45, 7) is 9.95. The molecule has 0 fully saturated rings. The van der Waals surface area contributed by atoms with E-state index in [1.165, 1.54) is 17.1 Å². The van der Waals surface area contributed by atoms with Gasteiger partial charge in [0.25, 0.3) is 11.8 Å². The van der Waals surface area contributed by atoms with Crippen LogP contribution in [0.15, 0.2) is 36.4 Å². The Hall–Kier alpha value is -3.53. The second-order valence-electron chi connectivity index (χ2n) is 10.0. The Bertz CT molecular complexity index is 1000. The summed E-state index contributed by atoms with van der Waals surface area (Å²) in [5.41, 5.74) is 1.59. The number of hydrogen-bond acceptors (Lipinski definition) is 6. The smallest absolute Gasteiger partial charge is 0.253 e. The molecule has 10 nitrogen and oxygen atoms in total. The molecule has 0 saturated carbocycles. The third-order valence-electron chi connectivity index (χ3n) is 6.01. The van der Waals surface area contributed by atoms with Crippen molar-refractivity contribution in [3.8, 4) is 0 Å². The summed E-state index contributed by atoms with van der Waals surface area (Å²) in [4.78, 5) is 62.2. The number of amides is 5. The van der Waals surface area contributed by atoms with Crippen LogP contribution in [0.2, 0.25) is 0 Å². The van der Waals surface area contributed by atoms with Crippen molar-refractivity contribution in [2.24, 2.45) is 5.92 Å². The quantitative estimate of drug-likeness (QED) is 0.237. The molecule has 2 atom stereocenters. The molecule has 0 saturated heterocycles. The summed E-state index contributed by atoms with van der Waals surface area (Å²) in [7, 11) is 0. The minimum Gasteiger partial charge on any atom is -0.374 e. The molecule has 0 bridgehead atoms. The number of unbranched alkanes of at least 4 members (excludes halogenated alkanes) is 2. The zero-order valence-electron chi connectivity index (χ0n) is 22.9. The van der Waals surface area contributed by atoms with Crippen molar-refractivity contribution in [1.29, 1.82) is 0 Å². The van der Waals surface area contributed by atoms with E-state index in [1.54, 1.807) is 19.1 Å². The van der Waals surface area contributed by atoms with E-state index >= 15 is 0 Å². The number of nitrogens with zero attached hydrogens (tertiary/aromatic N) is 1. The second-order valence-corrected chi connectivity index (χ2v) is 10.0. The maximum Gasteiger partial charge on any atom is 0.253 e. The highest BCUT2D eigenvalue weighted by Crippen LogP contribution is 2.12. The topological polar surface area (TPSA) is 134 Å². The molecule has 2 rings (SSSR count). The Morgan fingerprint density at radius 1 is 0.842 bits per heavy atom. The van der Waals surface area contributed by atoms with E-state index in [4.69, 9.17) is 4.74 Å². The summed E-state index contributed by atoms with van der Waals surface area (Å²) in [6, 6.07) is 5.70. The number of carbonyl (C=O) groups is 5. The van der Waals surface area contributed by atoms with Gasteiger partial charge in [-0.05, 0) is 57.2 Å². The first-order chi connectivity index (χ1) is 18.0. The maximum atomic E-state index is 12.8. The largest absolute Gasteiger partial charge is 0.374 e. The monoisotopic (exact) mass is 528 g/mol. The standard InChI is InChI=1S/C28H40N4O6/c1-18(2)26(31-23(33)9-7-6-8-16-32-24(34)14-15-25(32)35)28(37)29-20(5)27(36)30-22-12-10-21(11-13-22)17-38-19(3)4/h10-15,18-20,26H,6-9,16-17H2,1-5H3,(H,29,37)(H,30,36)(H,31,33)/t20-,26-/m0/s1. The molecular weight excluding hydrogens is 488 g/mol. The van der Waals surface area contributed by atoms with E-state index in [2.05, 4.69) is 16.0 Å². The van der Waals surface area contributed by atoms with Crippen LogP contribution in [0.1, 0.15) is 65.9 Å². The van der Waals surface area contributed by atoms with Crippen molar-refractivity contribution in [2.75, 3.05) is 11.9 Å². The number of imide groups is 1. The van der Waals surface area contributed by atoms with Gasteiger partial charge < -0.3 is 20.7 Å². The molecule has 3 N–H and O–H groups in total. The average molecular weight is 529 g/mol. The number of hydrogen-bond donors (Lipinski definition) is 3. The molecule has 208 valence electrons. The van der Waals surface area contributed by atoms with Gasteiger partial charge in [-0.25, -0.2) is 0 Å². The molecule has 1 aliphatic rings. The number of carbonyl (C=O) groups excluding carboxylic acids is 5. The summed E-state index contributed by atoms with van der Waals surface area (Å²) in [5.74, 6) is -1.89. The molecule has 1 aliphatic heterocycles. The summed E-state index contributed by atoms with van der Waals surface area (Å²) >= 11 is 0. The van der Waals surface area contributed by atoms with E-state index in [-0.39, 0.29) is 42.1 Å². The lowest BCUT2D eigenvalue weighted by atomic mass is 10.0. The lowest BCUT2D eigenvalue weighted by Gasteiger charge is -2.24. The van der Waals surface area contributed by atoms with Crippen LogP contribution < -0.4 is 16.0 Å². The highest BCUT2D eigenvalue weighted by Gasteiger charge is 2.27. The fourth-order valence-corrected chi connectivity index (χ4v) is 3.73. The van der Waals surface area contributed by atoms with Crippen molar-refractivity contribution in [1.82, 2.24) is 15.5 Å². The van der Waals surface area contributed by atoms with E-state index < -0.39 is 18.0 Å². The van der Waals surface area contributed by atoms with Gasteiger partial charge >= 0.3 is 0 Å². The lowest BCUT2D eigenvalue weighted by molar-refractivity contribution is -0.137. The van der Waals surface area contributed by atoms with Crippen molar-refractivity contribution >= 4 is 35.2 Å². The zero-order chi connectivity index (χ0) is 28.2. The number of anilines is 1. The predicted octanol–water partition coefficient (Wildman–Crippen LogP) is 2.68. The average Bonchev–Trinajstić information content (AvgIpc) is 3.18. The SMILES string of the molecule is CC(C)OCc1ccc(NC(=O)[C@H](C)NC(=O)[C@@H](NC(=O)CCCCCN2C(=O)C=CC2=O)C(C)C)cc1. The van der Waals surface area contributed by atoms with E-state index in [1.807, 2.05) is 39.8 Å². The van der Waals surface area contributed by atoms with E-state index in [9.17, 15) is 24.0 Å². The second kappa shape index (κ2) is 15.0. The Kier molecular flexibility index (Phi) is 12.1. The van der Waals surface area contributed by atoms with Gasteiger partial charge in [0.1, 0.15) is 12.1 Å². The molecule has 5 amide bonds. The summed E-state index contributed by atoms with van der Waals surface area (Å²) in [5, 5.41) is 8.23. The third-order valence-corrected chi connectivity index (χ3v) is 6.01. The van der Waals surface area contributed by atoms with E-state index in [0.717, 1.165) is 5.56 Å². The van der Waals surface area contributed by atoms with Crippen LogP contribution in [0.25, 0.3) is 0 Å². The first kappa shape index (κ1) is 30.7. The van der Waals surface area contributed by atoms with Gasteiger partial charge in [-0.1, -0.05) is 32.4 Å². The molecule has 1 heterocycles. The van der Waals surface area contributed by atoms with Crippen molar-refractivity contribution in [2.45, 2.75) is 85.1 Å². The molecule has 0 spiro atoms. The van der Waals surface area contributed by atoms with E-state index in [0.29, 0.717) is 38.1 Å². The van der Waals surface area contributed by atoms with Crippen LogP contribution in [0.3, 0.4) is 0 Å². The lowest BCUT2D eigenvalue weighted by Crippen LogP contribution is -2.53. The Balaban J connectivity index is 1.75. The summed E-state index contributed by atoms with van der Waals surface area (Å²) < 4.78 is 5.57. The molecule has 0 aromatic heterocycles. The molecule has 0 aliphatic carbocycles. The number of benzene rings is 1. The molecule has 0 unspecified atom stereocenters. The van der Waals surface area contributed by atoms with Crippen molar-refractivity contribution in [3.05, 3.63) is 42.0 Å². The molecular formula is C28H40N4O6. The van der Waals surface area contributed by atoms with Crippen molar-refractivity contribution < 1.29 is 28.7 Å². The first-order valence-electron chi connectivity index (χ1n) is 13.1. The Morgan fingerprint density at radius 2 is 1.47 bits per heavy atom. The van der Waals surface area contributed by atoms with Gasteiger partial charge in [-0.3, -0.25) is 28.9 Å². The van der Waals surface area contributed by atoms with Crippen LogP contribution in [-0.4, -0.2) is 59.2 Å². The van der Waals surface area contributed by atoms with Gasteiger partial charge in [-0.2, -0.15) is 0 Å². The van der Waals surface area contributed by atoms with Crippen LogP contribution in [-0.2, 0) is 35.3 Å². The normalized spacial score (nSPS) is 14.7. The van der Waals surface area contributed by atoms with Crippen molar-refractivity contribution in [3.63, 3.8) is 0 Å². The van der Waals surface area contributed by atoms with Gasteiger partial charge in [0, 0.05) is 30.8 Å². The fourth-order valence-electron chi connectivity index (χ4n) is 3.73. The van der Waals surface area contributed by atoms with Crippen LogP contribution in [0.5, 0.6) is 0 Å². The Morgan fingerprint density at radius 3 is 2.05 bits per heavy atom. The minimum absolute atomic E-state index is 0.127. The zero-order valence-corrected chi connectivity index (χ0v) is 22.9. The van der Waals surface area contributed by atoms with Crippen LogP contribution in [0.4, 0.5) is 5.69 Å². The van der Waals surface area contributed by atoms with Crippen LogP contribution in [0, 0.1) is 5.92 Å². The number of rotatable bonds is 15. The van der Waals surface area contributed by atoms with Gasteiger partial charge in [0.05, 0.1) is 12.7 Å². The van der Waals surface area contributed by atoms with Gasteiger partial charge in [-0.15, -0.1) is 0 Å². The first-order valence-corrected chi connectivity index (χ1v) is 13.1. The van der Waals surface area contributed by atoms with Gasteiger partial charge in [0.2, 0.25) is 17.7 Å². The molecule has 1 aromatic rings. The number of nitrogens with one attached hydrogen (secondary N) is 3. The highest BCUT2D eigenvalue weighted by molar-refractivity contribution is 6.12. The Labute approximate surface area is 224 Å². The van der Waals surface area contributed by atoms with Gasteiger partial charge in [0.15, 0.2) is 0 Å².